The van der Waals surface area contributed by atoms with E-state index in [1.807, 2.05) is 13.8 Å². The molecule has 1 rings (SSSR count). The minimum absolute atomic E-state index is 0.0363. The minimum Gasteiger partial charge on any atom is -0.348 e. The van der Waals surface area contributed by atoms with E-state index < -0.39 is 7.60 Å². The lowest BCUT2D eigenvalue weighted by Gasteiger charge is -2.18. The molecular formula is C12H21N2O3P. The van der Waals surface area contributed by atoms with Gasteiger partial charge in [-0.15, -0.1) is 6.58 Å². The molecule has 0 aliphatic heterocycles. The maximum atomic E-state index is 12.3. The monoisotopic (exact) mass is 272 g/mol. The number of imidazole rings is 1. The fourth-order valence-corrected chi connectivity index (χ4v) is 3.42. The Labute approximate surface area is 108 Å². The highest BCUT2D eigenvalue weighted by Crippen LogP contribution is 2.49. The molecule has 0 radical (unpaired) electrons. The molecule has 1 aromatic heterocycles. The zero-order chi connectivity index (χ0) is 13.4. The van der Waals surface area contributed by atoms with Gasteiger partial charge in [-0.25, -0.2) is 4.98 Å². The van der Waals surface area contributed by atoms with Gasteiger partial charge in [0.05, 0.1) is 19.4 Å². The highest BCUT2D eigenvalue weighted by atomic mass is 31.2. The van der Waals surface area contributed by atoms with Gasteiger partial charge >= 0.3 is 7.60 Å². The van der Waals surface area contributed by atoms with Crippen molar-refractivity contribution >= 4 is 7.60 Å². The third kappa shape index (κ3) is 4.41. The molecule has 1 unspecified atom stereocenters. The number of hydrogen-bond acceptors (Lipinski definition) is 4. The fraction of sp³-hybridized carbons (Fsp3) is 0.583. The molecule has 5 nitrogen and oxygen atoms in total. The number of allylic oxidation sites excluding steroid dienone is 1. The summed E-state index contributed by atoms with van der Waals surface area (Å²) in [5.41, 5.74) is 0. The van der Waals surface area contributed by atoms with Crippen molar-refractivity contribution in [1.82, 2.24) is 9.97 Å². The highest BCUT2D eigenvalue weighted by molar-refractivity contribution is 7.53. The van der Waals surface area contributed by atoms with Gasteiger partial charge in [0, 0.05) is 18.3 Å². The normalized spacial score (nSPS) is 13.4. The van der Waals surface area contributed by atoms with Crippen LogP contribution < -0.4 is 0 Å². The maximum absolute atomic E-state index is 12.3. The van der Waals surface area contributed by atoms with Gasteiger partial charge in [0.25, 0.3) is 0 Å². The Kier molecular flexibility index (Phi) is 6.33. The van der Waals surface area contributed by atoms with Crippen LogP contribution in [0, 0.1) is 0 Å². The first-order valence-electron chi connectivity index (χ1n) is 6.15. The van der Waals surface area contributed by atoms with E-state index in [9.17, 15) is 4.57 Å². The topological polar surface area (TPSA) is 64.2 Å². The smallest absolute Gasteiger partial charge is 0.330 e. The summed E-state index contributed by atoms with van der Waals surface area (Å²) < 4.78 is 22.8. The van der Waals surface area contributed by atoms with Crippen LogP contribution in [0.25, 0.3) is 0 Å². The van der Waals surface area contributed by atoms with Crippen molar-refractivity contribution in [2.24, 2.45) is 0 Å². The van der Waals surface area contributed by atoms with Crippen LogP contribution >= 0.6 is 7.60 Å². The van der Waals surface area contributed by atoms with Crippen LogP contribution in [0.3, 0.4) is 0 Å². The molecule has 0 saturated carbocycles. The molecular weight excluding hydrogens is 251 g/mol. The Morgan fingerprint density at radius 1 is 1.50 bits per heavy atom. The average Bonchev–Trinajstić information content (AvgIpc) is 2.84. The van der Waals surface area contributed by atoms with E-state index in [2.05, 4.69) is 16.5 Å². The Bertz CT molecular complexity index is 382. The first-order valence-corrected chi connectivity index (χ1v) is 7.88. The fourth-order valence-electron chi connectivity index (χ4n) is 1.70. The van der Waals surface area contributed by atoms with Crippen molar-refractivity contribution in [3.63, 3.8) is 0 Å². The lowest BCUT2D eigenvalue weighted by Crippen LogP contribution is -2.05. The zero-order valence-corrected chi connectivity index (χ0v) is 11.9. The quantitative estimate of drug-likeness (QED) is 0.553. The van der Waals surface area contributed by atoms with Crippen LogP contribution in [-0.4, -0.2) is 29.3 Å². The predicted octanol–water partition coefficient (Wildman–Crippen LogP) is 3.34. The van der Waals surface area contributed by atoms with Crippen molar-refractivity contribution < 1.29 is 13.6 Å². The molecule has 0 aromatic carbocycles. The van der Waals surface area contributed by atoms with E-state index in [1.54, 1.807) is 18.5 Å². The Balaban J connectivity index is 2.60. The molecule has 0 aliphatic carbocycles. The number of hydrogen-bond donors (Lipinski definition) is 1. The van der Waals surface area contributed by atoms with Gasteiger partial charge in [0.2, 0.25) is 0 Å². The molecule has 0 spiro atoms. The van der Waals surface area contributed by atoms with Gasteiger partial charge in [0.15, 0.2) is 0 Å². The summed E-state index contributed by atoms with van der Waals surface area (Å²) in [5, 5.41) is 0. The third-order valence-corrected chi connectivity index (χ3v) is 4.63. The van der Waals surface area contributed by atoms with Crippen LogP contribution in [0.15, 0.2) is 25.0 Å². The molecule has 0 fully saturated rings. The minimum atomic E-state index is -2.98. The van der Waals surface area contributed by atoms with Crippen LogP contribution in [-0.2, 0) is 13.6 Å². The average molecular weight is 272 g/mol. The van der Waals surface area contributed by atoms with Crippen LogP contribution in [0.1, 0.15) is 32.0 Å². The van der Waals surface area contributed by atoms with Gasteiger partial charge in [0.1, 0.15) is 5.82 Å². The molecule has 102 valence electrons. The molecule has 0 saturated heterocycles. The van der Waals surface area contributed by atoms with Gasteiger partial charge in [-0.3, -0.25) is 4.57 Å². The van der Waals surface area contributed by atoms with Crippen LogP contribution in [0.4, 0.5) is 0 Å². The summed E-state index contributed by atoms with van der Waals surface area (Å²) >= 11 is 0. The van der Waals surface area contributed by atoms with E-state index in [4.69, 9.17) is 9.05 Å². The van der Waals surface area contributed by atoms with Gasteiger partial charge in [-0.2, -0.15) is 0 Å². The van der Waals surface area contributed by atoms with Crippen molar-refractivity contribution in [3.8, 4) is 0 Å². The van der Waals surface area contributed by atoms with E-state index in [0.29, 0.717) is 25.8 Å². The maximum Gasteiger partial charge on any atom is 0.330 e. The van der Waals surface area contributed by atoms with E-state index in [-0.39, 0.29) is 5.92 Å². The highest BCUT2D eigenvalue weighted by Gasteiger charge is 2.25. The zero-order valence-electron chi connectivity index (χ0n) is 11.0. The largest absolute Gasteiger partial charge is 0.348 e. The summed E-state index contributed by atoms with van der Waals surface area (Å²) in [7, 11) is -2.98. The van der Waals surface area contributed by atoms with Gasteiger partial charge in [-0.1, -0.05) is 6.08 Å². The summed E-state index contributed by atoms with van der Waals surface area (Å²) in [5.74, 6) is 0.860. The molecule has 1 aromatic rings. The summed E-state index contributed by atoms with van der Waals surface area (Å²) in [6, 6.07) is 0. The lowest BCUT2D eigenvalue weighted by atomic mass is 10.1. The second-order valence-corrected chi connectivity index (χ2v) is 5.96. The number of nitrogens with one attached hydrogen (secondary N) is 1. The second-order valence-electron chi connectivity index (χ2n) is 3.78. The summed E-state index contributed by atoms with van der Waals surface area (Å²) in [4.78, 5) is 7.22. The van der Waals surface area contributed by atoms with Crippen molar-refractivity contribution in [3.05, 3.63) is 30.9 Å². The first kappa shape index (κ1) is 15.2. The molecule has 1 N–H and O–H groups in total. The molecule has 18 heavy (non-hydrogen) atoms. The molecule has 1 heterocycles. The standard InChI is InChI=1S/C12H21N2O3P/c1-4-11(12-13-8-9-14-12)7-10-18(15,16-5-2)17-6-3/h4,8-9,11H,1,5-7,10H2,2-3H3,(H,13,14). The molecule has 0 amide bonds. The SMILES string of the molecule is C=CC(CCP(=O)(OCC)OCC)c1ncc[nH]1. The Morgan fingerprint density at radius 2 is 2.17 bits per heavy atom. The Morgan fingerprint density at radius 3 is 2.61 bits per heavy atom. The van der Waals surface area contributed by atoms with E-state index >= 15 is 0 Å². The van der Waals surface area contributed by atoms with E-state index in [1.165, 1.54) is 0 Å². The molecule has 0 aliphatic rings. The first-order chi connectivity index (χ1) is 8.65. The molecule has 6 heteroatoms. The number of H-pyrrole nitrogens is 1. The number of aromatic amines is 1. The number of nitrogens with zero attached hydrogens (tertiary/aromatic N) is 1. The lowest BCUT2D eigenvalue weighted by molar-refractivity contribution is 0.219. The number of rotatable bonds is 9. The third-order valence-electron chi connectivity index (χ3n) is 2.52. The summed E-state index contributed by atoms with van der Waals surface area (Å²) in [6.45, 7) is 8.17. The van der Waals surface area contributed by atoms with E-state index in [0.717, 1.165) is 5.82 Å². The Hall–Kier alpha value is -0.900. The van der Waals surface area contributed by atoms with Crippen molar-refractivity contribution in [2.45, 2.75) is 26.2 Å². The second kappa shape index (κ2) is 7.52. The molecule has 0 bridgehead atoms. The summed E-state index contributed by atoms with van der Waals surface area (Å²) in [6.07, 6.45) is 6.24. The van der Waals surface area contributed by atoms with Crippen molar-refractivity contribution in [1.29, 1.82) is 0 Å². The van der Waals surface area contributed by atoms with Gasteiger partial charge in [-0.05, 0) is 20.3 Å². The predicted molar refractivity (Wildman–Crippen MR) is 71.9 cm³/mol. The van der Waals surface area contributed by atoms with Crippen LogP contribution in [0.5, 0.6) is 0 Å². The van der Waals surface area contributed by atoms with Crippen LogP contribution in [0.2, 0.25) is 0 Å². The number of aromatic nitrogens is 2. The van der Waals surface area contributed by atoms with Crippen molar-refractivity contribution in [2.75, 3.05) is 19.4 Å². The van der Waals surface area contributed by atoms with Gasteiger partial charge < -0.3 is 14.0 Å². The molecule has 1 atom stereocenters.